The van der Waals surface area contributed by atoms with Crippen LogP contribution >= 0.6 is 0 Å². The van der Waals surface area contributed by atoms with Gasteiger partial charge < -0.3 is 10.0 Å². The van der Waals surface area contributed by atoms with Gasteiger partial charge in [0, 0.05) is 50.1 Å². The fraction of sp³-hybridized carbons (Fsp3) is 0.632. The summed E-state index contributed by atoms with van der Waals surface area (Å²) in [5.41, 5.74) is 1.85. The van der Waals surface area contributed by atoms with Gasteiger partial charge in [-0.05, 0) is 32.6 Å². The van der Waals surface area contributed by atoms with Gasteiger partial charge in [0.2, 0.25) is 16.0 Å². The number of aromatic nitrogens is 4. The van der Waals surface area contributed by atoms with Crippen molar-refractivity contribution >= 4 is 16.0 Å². The van der Waals surface area contributed by atoms with E-state index in [1.165, 1.54) is 6.20 Å². The lowest BCUT2D eigenvalue weighted by Gasteiger charge is -2.35. The number of fused-ring (bicyclic) bond motifs is 4. The van der Waals surface area contributed by atoms with Gasteiger partial charge in [0.25, 0.3) is 0 Å². The fourth-order valence-corrected chi connectivity index (χ4v) is 6.65. The highest BCUT2D eigenvalue weighted by Gasteiger charge is 2.48. The first-order chi connectivity index (χ1) is 14.0. The Bertz CT molecular complexity index is 1020. The summed E-state index contributed by atoms with van der Waals surface area (Å²) in [6, 6.07) is -0.308. The first-order valence-electron chi connectivity index (χ1n) is 10.3. The average Bonchev–Trinajstić information content (AvgIpc) is 3.33. The summed E-state index contributed by atoms with van der Waals surface area (Å²) in [7, 11) is -3.62. The predicted octanol–water partition coefficient (Wildman–Crippen LogP) is 1.10. The first kappa shape index (κ1) is 19.0. The highest BCUT2D eigenvalue weighted by Crippen LogP contribution is 2.46. The molecule has 2 saturated heterocycles. The quantitative estimate of drug-likeness (QED) is 0.793. The van der Waals surface area contributed by atoms with Crippen LogP contribution < -0.4 is 4.90 Å². The van der Waals surface area contributed by atoms with Crippen molar-refractivity contribution in [3.8, 4) is 0 Å². The third-order valence-electron chi connectivity index (χ3n) is 6.30. The van der Waals surface area contributed by atoms with Crippen molar-refractivity contribution in [3.05, 3.63) is 29.8 Å². The molecule has 2 fully saturated rings. The number of sulfonamides is 1. The summed E-state index contributed by atoms with van der Waals surface area (Å²) in [6.45, 7) is 3.95. The van der Waals surface area contributed by atoms with Gasteiger partial charge in [-0.25, -0.2) is 18.4 Å². The number of hydrogen-bond donors (Lipinski definition) is 1. The molecule has 0 saturated carbocycles. The van der Waals surface area contributed by atoms with E-state index in [9.17, 15) is 13.5 Å². The molecule has 3 aliphatic rings. The van der Waals surface area contributed by atoms with E-state index in [2.05, 4.69) is 10.1 Å². The summed E-state index contributed by atoms with van der Waals surface area (Å²) in [6.07, 6.45) is 8.42. The fourth-order valence-electron chi connectivity index (χ4n) is 4.85. The minimum Gasteiger partial charge on any atom is -0.391 e. The van der Waals surface area contributed by atoms with E-state index in [4.69, 9.17) is 4.98 Å². The van der Waals surface area contributed by atoms with Gasteiger partial charge in [0.15, 0.2) is 0 Å². The number of piperidine rings is 1. The molecule has 1 N–H and O–H groups in total. The number of aliphatic hydroxyl groups is 1. The molecule has 3 atom stereocenters. The number of anilines is 1. The molecule has 9 nitrogen and oxygen atoms in total. The Hall–Kier alpha value is -2.04. The highest BCUT2D eigenvalue weighted by molar-refractivity contribution is 7.89. The van der Waals surface area contributed by atoms with Crippen LogP contribution in [0.5, 0.6) is 0 Å². The SMILES string of the molecule is CCn1cc(S(=O)(=O)N2[C@@H]3CC[C@@H]2c2cnc(N4CCC[C@H](O)C4)nc2C3)cn1. The first-order valence-corrected chi connectivity index (χ1v) is 11.8. The van der Waals surface area contributed by atoms with E-state index >= 15 is 0 Å². The molecule has 2 aromatic heterocycles. The molecular formula is C19H26N6O3S. The number of aliphatic hydroxyl groups excluding tert-OH is 1. The Morgan fingerprint density at radius 3 is 2.86 bits per heavy atom. The molecule has 29 heavy (non-hydrogen) atoms. The predicted molar refractivity (Wildman–Crippen MR) is 106 cm³/mol. The molecule has 2 aromatic rings. The van der Waals surface area contributed by atoms with Crippen molar-refractivity contribution < 1.29 is 13.5 Å². The van der Waals surface area contributed by atoms with Crippen LogP contribution in [0.4, 0.5) is 5.95 Å². The monoisotopic (exact) mass is 418 g/mol. The molecule has 0 amide bonds. The highest BCUT2D eigenvalue weighted by atomic mass is 32.2. The van der Waals surface area contributed by atoms with Gasteiger partial charge in [-0.1, -0.05) is 0 Å². The standard InChI is InChI=1S/C19H26N6O3S/c1-2-24-12-15(9-21-24)29(27,28)25-13-5-6-18(25)16-10-20-19(22-17(16)8-13)23-7-3-4-14(26)11-23/h9-10,12-14,18,26H,2-8,11H2,1H3/t13-,14+,18-/m1/s1. The Labute approximate surface area is 170 Å². The zero-order valence-electron chi connectivity index (χ0n) is 16.5. The van der Waals surface area contributed by atoms with Crippen molar-refractivity contribution in [2.24, 2.45) is 0 Å². The zero-order valence-corrected chi connectivity index (χ0v) is 17.3. The smallest absolute Gasteiger partial charge is 0.247 e. The number of hydrogen-bond acceptors (Lipinski definition) is 7. The van der Waals surface area contributed by atoms with Crippen LogP contribution in [0.2, 0.25) is 0 Å². The minimum atomic E-state index is -3.62. The number of β-amino-alcohol motifs (C(OH)–C–C–N with tert-alkyl or cyclic N) is 1. The molecule has 0 radical (unpaired) electrons. The summed E-state index contributed by atoms with van der Waals surface area (Å²) in [5.74, 6) is 0.641. The Kier molecular flexibility index (Phi) is 4.60. The second kappa shape index (κ2) is 7.03. The maximum atomic E-state index is 13.3. The van der Waals surface area contributed by atoms with Crippen LogP contribution in [-0.2, 0) is 23.0 Å². The van der Waals surface area contributed by atoms with Gasteiger partial charge in [-0.2, -0.15) is 9.40 Å². The van der Waals surface area contributed by atoms with Gasteiger partial charge in [-0.15, -0.1) is 0 Å². The molecule has 10 heteroatoms. The van der Waals surface area contributed by atoms with E-state index in [-0.39, 0.29) is 23.1 Å². The van der Waals surface area contributed by atoms with Crippen molar-refractivity contribution in [1.29, 1.82) is 0 Å². The molecule has 156 valence electrons. The second-order valence-corrected chi connectivity index (χ2v) is 9.98. The Morgan fingerprint density at radius 2 is 2.10 bits per heavy atom. The molecule has 0 aromatic carbocycles. The Morgan fingerprint density at radius 1 is 1.24 bits per heavy atom. The zero-order chi connectivity index (χ0) is 20.2. The van der Waals surface area contributed by atoms with Crippen LogP contribution in [0.1, 0.15) is 49.9 Å². The lowest BCUT2D eigenvalue weighted by atomic mass is 10.0. The Balaban J connectivity index is 1.46. The third kappa shape index (κ3) is 3.13. The van der Waals surface area contributed by atoms with Gasteiger partial charge in [0.05, 0.1) is 24.0 Å². The van der Waals surface area contributed by atoms with E-state index in [1.54, 1.807) is 21.4 Å². The van der Waals surface area contributed by atoms with Crippen molar-refractivity contribution in [2.45, 2.75) is 68.7 Å². The summed E-state index contributed by atoms with van der Waals surface area (Å²) < 4.78 is 30.0. The van der Waals surface area contributed by atoms with Crippen molar-refractivity contribution in [3.63, 3.8) is 0 Å². The van der Waals surface area contributed by atoms with Crippen molar-refractivity contribution in [1.82, 2.24) is 24.1 Å². The minimum absolute atomic E-state index is 0.0860. The van der Waals surface area contributed by atoms with Crippen LogP contribution in [-0.4, -0.2) is 62.8 Å². The van der Waals surface area contributed by atoms with Crippen LogP contribution in [0, 0.1) is 0 Å². The largest absolute Gasteiger partial charge is 0.391 e. The molecule has 2 bridgehead atoms. The normalized spacial score (nSPS) is 27.2. The topological polar surface area (TPSA) is 104 Å². The van der Waals surface area contributed by atoms with Gasteiger partial charge >= 0.3 is 0 Å². The van der Waals surface area contributed by atoms with Crippen molar-refractivity contribution in [2.75, 3.05) is 18.0 Å². The third-order valence-corrected chi connectivity index (χ3v) is 8.22. The summed E-state index contributed by atoms with van der Waals surface area (Å²) in [4.78, 5) is 11.6. The lowest BCUT2D eigenvalue weighted by molar-refractivity contribution is 0.153. The molecule has 3 aliphatic heterocycles. The van der Waals surface area contributed by atoms with Crippen LogP contribution in [0.15, 0.2) is 23.5 Å². The maximum absolute atomic E-state index is 13.3. The van der Waals surface area contributed by atoms with E-state index in [0.29, 0.717) is 25.5 Å². The summed E-state index contributed by atoms with van der Waals surface area (Å²) in [5, 5.41) is 14.1. The van der Waals surface area contributed by atoms with Crippen LogP contribution in [0.3, 0.4) is 0 Å². The van der Waals surface area contributed by atoms with E-state index < -0.39 is 10.0 Å². The van der Waals surface area contributed by atoms with E-state index in [0.717, 1.165) is 43.5 Å². The number of nitrogens with zero attached hydrogens (tertiary/aromatic N) is 6. The molecule has 0 aliphatic carbocycles. The lowest BCUT2D eigenvalue weighted by Crippen LogP contribution is -2.43. The number of aryl methyl sites for hydroxylation is 1. The average molecular weight is 419 g/mol. The molecule has 5 rings (SSSR count). The van der Waals surface area contributed by atoms with Gasteiger partial charge in [0.1, 0.15) is 4.90 Å². The van der Waals surface area contributed by atoms with Gasteiger partial charge in [-0.3, -0.25) is 4.68 Å². The van der Waals surface area contributed by atoms with E-state index in [1.807, 2.05) is 11.8 Å². The maximum Gasteiger partial charge on any atom is 0.247 e. The molecule has 5 heterocycles. The summed E-state index contributed by atoms with van der Waals surface area (Å²) >= 11 is 0. The number of rotatable bonds is 4. The molecule has 0 spiro atoms. The molecule has 0 unspecified atom stereocenters. The molecular weight excluding hydrogens is 392 g/mol. The second-order valence-electron chi connectivity index (χ2n) is 8.13. The van der Waals surface area contributed by atoms with Crippen LogP contribution in [0.25, 0.3) is 0 Å².